The summed E-state index contributed by atoms with van der Waals surface area (Å²) in [5, 5.41) is 12.0. The second-order valence-electron chi connectivity index (χ2n) is 7.78. The molecule has 0 radical (unpaired) electrons. The molecule has 3 aromatic rings. The highest BCUT2D eigenvalue weighted by molar-refractivity contribution is 6.10. The number of rotatable bonds is 3. The molecule has 11 heteroatoms. The Morgan fingerprint density at radius 2 is 1.78 bits per heavy atom. The Hall–Kier alpha value is -3.76. The van der Waals surface area contributed by atoms with Gasteiger partial charge in [-0.15, -0.1) is 0 Å². The molecule has 168 valence electrons. The zero-order valence-corrected chi connectivity index (χ0v) is 17.4. The monoisotopic (exact) mass is 448 g/mol. The molecule has 3 N–H and O–H groups in total. The van der Waals surface area contributed by atoms with E-state index < -0.39 is 28.9 Å². The zero-order valence-electron chi connectivity index (χ0n) is 17.4. The highest BCUT2D eigenvalue weighted by Gasteiger charge is 2.37. The fourth-order valence-electron chi connectivity index (χ4n) is 2.70. The first-order valence-corrected chi connectivity index (χ1v) is 9.44. The third kappa shape index (κ3) is 5.90. The molecule has 0 spiro atoms. The Kier molecular flexibility index (Phi) is 6.28. The van der Waals surface area contributed by atoms with Crippen LogP contribution in [0.2, 0.25) is 0 Å². The van der Waals surface area contributed by atoms with Crippen molar-refractivity contribution >= 4 is 17.7 Å². The van der Waals surface area contributed by atoms with Crippen molar-refractivity contribution in [2.75, 3.05) is 5.32 Å². The van der Waals surface area contributed by atoms with Crippen LogP contribution in [0.1, 0.15) is 36.8 Å². The van der Waals surface area contributed by atoms with Gasteiger partial charge in [-0.2, -0.15) is 18.3 Å². The molecule has 1 aromatic carbocycles. The lowest BCUT2D eigenvalue weighted by atomic mass is 10.1. The number of pyridine rings is 1. The van der Waals surface area contributed by atoms with E-state index in [4.69, 9.17) is 0 Å². The molecule has 32 heavy (non-hydrogen) atoms. The van der Waals surface area contributed by atoms with Gasteiger partial charge in [-0.25, -0.2) is 9.38 Å². The van der Waals surface area contributed by atoms with E-state index in [0.29, 0.717) is 11.3 Å². The molecule has 0 atom stereocenters. The summed E-state index contributed by atoms with van der Waals surface area (Å²) in [7, 11) is 0. The van der Waals surface area contributed by atoms with Crippen molar-refractivity contribution in [3.8, 4) is 11.3 Å². The summed E-state index contributed by atoms with van der Waals surface area (Å²) in [6.45, 7) is 5.25. The van der Waals surface area contributed by atoms with Crippen LogP contribution in [0.3, 0.4) is 0 Å². The largest absolute Gasteiger partial charge is 0.434 e. The maximum absolute atomic E-state index is 13.2. The summed E-state index contributed by atoms with van der Waals surface area (Å²) in [5.41, 5.74) is -1.40. The van der Waals surface area contributed by atoms with Gasteiger partial charge in [-0.3, -0.25) is 20.2 Å². The van der Waals surface area contributed by atoms with E-state index in [1.54, 1.807) is 39.0 Å². The van der Waals surface area contributed by atoms with Gasteiger partial charge in [0.25, 0.3) is 5.91 Å². The zero-order chi connectivity index (χ0) is 23.5. The average molecular weight is 448 g/mol. The quantitative estimate of drug-likeness (QED) is 0.309. The molecule has 2 heterocycles. The van der Waals surface area contributed by atoms with Crippen molar-refractivity contribution in [2.24, 2.45) is 4.99 Å². The Bertz CT molecular complexity index is 1130. The van der Waals surface area contributed by atoms with E-state index in [0.717, 1.165) is 12.3 Å². The molecule has 0 aliphatic heterocycles. The van der Waals surface area contributed by atoms with Crippen LogP contribution in [0, 0.1) is 5.82 Å². The molecule has 1 amide bonds. The van der Waals surface area contributed by atoms with E-state index in [1.807, 2.05) is 0 Å². The van der Waals surface area contributed by atoms with Crippen molar-refractivity contribution in [1.82, 2.24) is 20.5 Å². The standard InChI is InChI=1S/C21H20F4N6O/c1-20(2,3)29-19(28-18(32)14-5-4-10-26-17(14)21(23,24)25)27-16-11-15(30-31-16)12-6-8-13(22)9-7-12/h4-11H,1-3H3,(H3,27,28,29,30,31,32). The lowest BCUT2D eigenvalue weighted by Gasteiger charge is -2.18. The molecule has 0 unspecified atom stereocenters. The number of hydrogen-bond acceptors (Lipinski definition) is 4. The summed E-state index contributed by atoms with van der Waals surface area (Å²) in [5.74, 6) is -1.27. The minimum atomic E-state index is -4.80. The van der Waals surface area contributed by atoms with Gasteiger partial charge in [0.1, 0.15) is 5.82 Å². The van der Waals surface area contributed by atoms with Crippen LogP contribution in [0.15, 0.2) is 53.7 Å². The summed E-state index contributed by atoms with van der Waals surface area (Å²) < 4.78 is 52.8. The van der Waals surface area contributed by atoms with E-state index in [2.05, 4.69) is 30.8 Å². The van der Waals surface area contributed by atoms with Crippen molar-refractivity contribution in [2.45, 2.75) is 32.5 Å². The lowest BCUT2D eigenvalue weighted by Crippen LogP contribution is -2.39. The summed E-state index contributed by atoms with van der Waals surface area (Å²) in [4.78, 5) is 20.2. The van der Waals surface area contributed by atoms with Gasteiger partial charge in [-0.1, -0.05) is 0 Å². The smallest absolute Gasteiger partial charge is 0.309 e. The highest BCUT2D eigenvalue weighted by Crippen LogP contribution is 2.30. The van der Waals surface area contributed by atoms with Gasteiger partial charge in [-0.05, 0) is 62.7 Å². The summed E-state index contributed by atoms with van der Waals surface area (Å²) >= 11 is 0. The van der Waals surface area contributed by atoms with Crippen LogP contribution in [-0.4, -0.2) is 32.6 Å². The Morgan fingerprint density at radius 3 is 2.41 bits per heavy atom. The normalized spacial score (nSPS) is 12.5. The molecule has 0 aliphatic rings. The fourth-order valence-corrected chi connectivity index (χ4v) is 2.70. The van der Waals surface area contributed by atoms with Gasteiger partial charge in [0.15, 0.2) is 11.5 Å². The second-order valence-corrected chi connectivity index (χ2v) is 7.78. The number of alkyl halides is 3. The number of aromatic nitrogens is 3. The number of H-pyrrole nitrogens is 1. The number of carbonyl (C=O) groups is 1. The predicted octanol–water partition coefficient (Wildman–Crippen LogP) is 4.63. The third-order valence-electron chi connectivity index (χ3n) is 3.98. The summed E-state index contributed by atoms with van der Waals surface area (Å²) in [6, 6.07) is 9.55. The first-order valence-electron chi connectivity index (χ1n) is 9.44. The van der Waals surface area contributed by atoms with E-state index in [-0.39, 0.29) is 17.6 Å². The first-order chi connectivity index (χ1) is 14.9. The molecule has 0 bridgehead atoms. The first kappa shape index (κ1) is 22.9. The fraction of sp³-hybridized carbons (Fsp3) is 0.238. The third-order valence-corrected chi connectivity index (χ3v) is 3.98. The lowest BCUT2D eigenvalue weighted by molar-refractivity contribution is -0.141. The van der Waals surface area contributed by atoms with Crippen LogP contribution in [0.25, 0.3) is 11.3 Å². The number of anilines is 1. The number of aliphatic imine (C=N–C) groups is 1. The van der Waals surface area contributed by atoms with Crippen LogP contribution in [0.5, 0.6) is 0 Å². The van der Waals surface area contributed by atoms with Crippen LogP contribution in [-0.2, 0) is 6.18 Å². The topological polar surface area (TPSA) is 95.1 Å². The number of guanidine groups is 1. The molecular weight excluding hydrogens is 428 g/mol. The number of aromatic amines is 1. The molecule has 3 rings (SSSR count). The number of halogens is 4. The van der Waals surface area contributed by atoms with E-state index in [1.165, 1.54) is 18.2 Å². The van der Waals surface area contributed by atoms with Crippen LogP contribution >= 0.6 is 0 Å². The molecule has 0 fully saturated rings. The van der Waals surface area contributed by atoms with Gasteiger partial charge >= 0.3 is 6.18 Å². The van der Waals surface area contributed by atoms with E-state index in [9.17, 15) is 22.4 Å². The summed E-state index contributed by atoms with van der Waals surface area (Å²) in [6.07, 6.45) is -3.84. The Balaban J connectivity index is 1.86. The molecule has 7 nitrogen and oxygen atoms in total. The molecule has 0 aliphatic carbocycles. The number of carbonyl (C=O) groups excluding carboxylic acids is 1. The second kappa shape index (κ2) is 8.77. The Morgan fingerprint density at radius 1 is 1.09 bits per heavy atom. The minimum Gasteiger partial charge on any atom is -0.309 e. The molecular formula is C21H20F4N6O. The van der Waals surface area contributed by atoms with E-state index >= 15 is 0 Å². The minimum absolute atomic E-state index is 0.100. The van der Waals surface area contributed by atoms with Crippen molar-refractivity contribution in [3.63, 3.8) is 0 Å². The van der Waals surface area contributed by atoms with Crippen molar-refractivity contribution in [3.05, 3.63) is 65.7 Å². The van der Waals surface area contributed by atoms with Crippen LogP contribution in [0.4, 0.5) is 23.4 Å². The Labute approximate surface area is 181 Å². The van der Waals surface area contributed by atoms with Crippen molar-refractivity contribution in [1.29, 1.82) is 0 Å². The van der Waals surface area contributed by atoms with Gasteiger partial charge in [0.2, 0.25) is 5.96 Å². The van der Waals surface area contributed by atoms with Gasteiger partial charge in [0, 0.05) is 12.3 Å². The average Bonchev–Trinajstić information content (AvgIpc) is 3.15. The molecule has 0 saturated carbocycles. The number of benzene rings is 1. The maximum Gasteiger partial charge on any atom is 0.434 e. The number of nitrogens with one attached hydrogen (secondary N) is 3. The maximum atomic E-state index is 13.2. The van der Waals surface area contributed by atoms with Gasteiger partial charge < -0.3 is 5.32 Å². The number of hydrogen-bond donors (Lipinski definition) is 3. The van der Waals surface area contributed by atoms with Crippen molar-refractivity contribution < 1.29 is 22.4 Å². The number of amides is 1. The number of nitrogens with zero attached hydrogens (tertiary/aromatic N) is 3. The van der Waals surface area contributed by atoms with Gasteiger partial charge in [0.05, 0.1) is 16.8 Å². The SMILES string of the molecule is CC(C)(C)N=C(NC(=O)c1cccnc1C(F)(F)F)Nc1cc(-c2ccc(F)cc2)[nH]n1. The van der Waals surface area contributed by atoms with Crippen LogP contribution < -0.4 is 10.6 Å². The highest BCUT2D eigenvalue weighted by atomic mass is 19.4. The molecule has 0 saturated heterocycles. The molecule has 2 aromatic heterocycles. The predicted molar refractivity (Wildman–Crippen MR) is 111 cm³/mol.